The predicted octanol–water partition coefficient (Wildman–Crippen LogP) is 3.82. The quantitative estimate of drug-likeness (QED) is 0.590. The highest BCUT2D eigenvalue weighted by Gasteiger charge is 2.10. The largest absolute Gasteiger partial charge is 0.399 e. The number of nitrogens with zero attached hydrogens (tertiary/aromatic N) is 2. The van der Waals surface area contributed by atoms with Crippen LogP contribution in [0.2, 0.25) is 0 Å². The number of nitrogen functional groups attached to an aromatic ring is 1. The molecule has 0 saturated carbocycles. The van der Waals surface area contributed by atoms with Crippen LogP contribution in [0, 0.1) is 17.1 Å². The van der Waals surface area contributed by atoms with Gasteiger partial charge < -0.3 is 10.1 Å². The zero-order chi connectivity index (χ0) is 14.8. The van der Waals surface area contributed by atoms with Crippen LogP contribution < -0.4 is 5.73 Å². The van der Waals surface area contributed by atoms with E-state index in [0.29, 0.717) is 17.0 Å². The first kappa shape index (κ1) is 13.5. The van der Waals surface area contributed by atoms with E-state index in [1.807, 2.05) is 35.0 Å². The minimum atomic E-state index is -0.347. The van der Waals surface area contributed by atoms with Crippen LogP contribution in [0.3, 0.4) is 0 Å². The lowest BCUT2D eigenvalue weighted by molar-refractivity contribution is 0.625. The van der Waals surface area contributed by atoms with Crippen LogP contribution in [0.1, 0.15) is 11.1 Å². The molecule has 0 atom stereocenters. The molecular formula is C16H12FN3S. The molecule has 0 aliphatic heterocycles. The van der Waals surface area contributed by atoms with E-state index in [2.05, 4.69) is 6.07 Å². The van der Waals surface area contributed by atoms with E-state index in [-0.39, 0.29) is 5.82 Å². The molecule has 0 spiro atoms. The average Bonchev–Trinajstić information content (AvgIpc) is 2.81. The van der Waals surface area contributed by atoms with Gasteiger partial charge in [-0.25, -0.2) is 4.39 Å². The van der Waals surface area contributed by atoms with Crippen molar-refractivity contribution in [3.8, 4) is 6.07 Å². The monoisotopic (exact) mass is 297 g/mol. The minimum absolute atomic E-state index is 0.347. The molecule has 0 aliphatic rings. The molecule has 0 unspecified atom stereocenters. The second-order valence-corrected chi connectivity index (χ2v) is 5.69. The number of rotatable bonds is 3. The van der Waals surface area contributed by atoms with Gasteiger partial charge in [0.25, 0.3) is 0 Å². The van der Waals surface area contributed by atoms with Crippen molar-refractivity contribution in [2.24, 2.45) is 0 Å². The average molecular weight is 297 g/mol. The number of halogens is 1. The Morgan fingerprint density at radius 3 is 2.90 bits per heavy atom. The first-order chi connectivity index (χ1) is 10.2. The van der Waals surface area contributed by atoms with E-state index < -0.39 is 0 Å². The Kier molecular flexibility index (Phi) is 3.55. The van der Waals surface area contributed by atoms with E-state index in [0.717, 1.165) is 16.0 Å². The number of thioether (sulfide) groups is 1. The summed E-state index contributed by atoms with van der Waals surface area (Å²) in [5.41, 5.74) is 8.51. The normalized spacial score (nSPS) is 10.7. The fourth-order valence-corrected chi connectivity index (χ4v) is 3.20. The SMILES string of the molecule is N#Cc1c(CSc2cc(N)cc(F)c2)cn2ccccc12. The fourth-order valence-electron chi connectivity index (χ4n) is 2.24. The molecule has 3 nitrogen and oxygen atoms in total. The molecule has 2 N–H and O–H groups in total. The van der Waals surface area contributed by atoms with E-state index in [1.165, 1.54) is 23.9 Å². The van der Waals surface area contributed by atoms with Crippen LogP contribution in [0.15, 0.2) is 53.7 Å². The first-order valence-corrected chi connectivity index (χ1v) is 7.33. The lowest BCUT2D eigenvalue weighted by Gasteiger charge is -2.02. The maximum atomic E-state index is 13.3. The van der Waals surface area contributed by atoms with Crippen LogP contribution >= 0.6 is 11.8 Å². The zero-order valence-electron chi connectivity index (χ0n) is 11.1. The third kappa shape index (κ3) is 2.71. The molecule has 2 aromatic heterocycles. The van der Waals surface area contributed by atoms with Gasteiger partial charge in [0, 0.05) is 28.7 Å². The molecule has 5 heteroatoms. The van der Waals surface area contributed by atoms with Crippen molar-refractivity contribution in [1.82, 2.24) is 4.40 Å². The second-order valence-electron chi connectivity index (χ2n) is 4.64. The highest BCUT2D eigenvalue weighted by atomic mass is 32.2. The molecule has 2 heterocycles. The number of hydrogen-bond donors (Lipinski definition) is 1. The summed E-state index contributed by atoms with van der Waals surface area (Å²) in [7, 11) is 0. The fraction of sp³-hybridized carbons (Fsp3) is 0.0625. The number of benzene rings is 1. The van der Waals surface area contributed by atoms with Crippen LogP contribution in [-0.4, -0.2) is 4.40 Å². The molecule has 0 bridgehead atoms. The molecule has 0 radical (unpaired) electrons. The van der Waals surface area contributed by atoms with E-state index in [9.17, 15) is 9.65 Å². The van der Waals surface area contributed by atoms with Crippen LogP contribution in [0.5, 0.6) is 0 Å². The molecule has 0 fully saturated rings. The number of nitriles is 1. The Hall–Kier alpha value is -2.45. The number of fused-ring (bicyclic) bond motifs is 1. The summed E-state index contributed by atoms with van der Waals surface area (Å²) >= 11 is 1.46. The number of hydrogen-bond acceptors (Lipinski definition) is 3. The van der Waals surface area contributed by atoms with Gasteiger partial charge in [-0.1, -0.05) is 6.07 Å². The van der Waals surface area contributed by atoms with Crippen molar-refractivity contribution in [1.29, 1.82) is 5.26 Å². The Labute approximate surface area is 125 Å². The summed E-state index contributed by atoms with van der Waals surface area (Å²) in [6.07, 6.45) is 3.84. The minimum Gasteiger partial charge on any atom is -0.399 e. The standard InChI is InChI=1S/C16H12FN3S/c17-12-5-13(19)7-14(6-12)21-10-11-9-20-4-2-1-3-16(20)15(11)8-18/h1-7,9H,10,19H2. The molecule has 0 amide bonds. The molecule has 3 rings (SSSR count). The van der Waals surface area contributed by atoms with Crippen molar-refractivity contribution in [3.63, 3.8) is 0 Å². The lowest BCUT2D eigenvalue weighted by Crippen LogP contribution is -1.88. The number of aromatic nitrogens is 1. The molecular weight excluding hydrogens is 285 g/mol. The summed E-state index contributed by atoms with van der Waals surface area (Å²) < 4.78 is 15.2. The third-order valence-corrected chi connectivity index (χ3v) is 4.19. The molecule has 1 aromatic carbocycles. The Morgan fingerprint density at radius 2 is 2.14 bits per heavy atom. The summed E-state index contributed by atoms with van der Waals surface area (Å²) in [6.45, 7) is 0. The van der Waals surface area contributed by atoms with Crippen molar-refractivity contribution < 1.29 is 4.39 Å². The van der Waals surface area contributed by atoms with Crippen molar-refractivity contribution in [3.05, 3.63) is 65.7 Å². The van der Waals surface area contributed by atoms with Gasteiger partial charge in [0.2, 0.25) is 0 Å². The van der Waals surface area contributed by atoms with Crippen molar-refractivity contribution in [2.45, 2.75) is 10.6 Å². The molecule has 21 heavy (non-hydrogen) atoms. The Balaban J connectivity index is 1.90. The van der Waals surface area contributed by atoms with Gasteiger partial charge in [0.15, 0.2) is 0 Å². The molecule has 0 saturated heterocycles. The molecule has 3 aromatic rings. The predicted molar refractivity (Wildman–Crippen MR) is 82.5 cm³/mol. The Morgan fingerprint density at radius 1 is 1.29 bits per heavy atom. The van der Waals surface area contributed by atoms with Gasteiger partial charge in [0.05, 0.1) is 11.1 Å². The number of pyridine rings is 1. The van der Waals surface area contributed by atoms with Gasteiger partial charge in [-0.15, -0.1) is 11.8 Å². The van der Waals surface area contributed by atoms with E-state index in [1.54, 1.807) is 6.07 Å². The van der Waals surface area contributed by atoms with Gasteiger partial charge in [-0.2, -0.15) is 5.26 Å². The maximum absolute atomic E-state index is 13.3. The lowest BCUT2D eigenvalue weighted by atomic mass is 10.2. The Bertz CT molecular complexity index is 828. The van der Waals surface area contributed by atoms with E-state index in [4.69, 9.17) is 5.73 Å². The number of anilines is 1. The van der Waals surface area contributed by atoms with Crippen LogP contribution in [0.4, 0.5) is 10.1 Å². The van der Waals surface area contributed by atoms with Crippen molar-refractivity contribution >= 4 is 23.0 Å². The highest BCUT2D eigenvalue weighted by molar-refractivity contribution is 7.98. The highest BCUT2D eigenvalue weighted by Crippen LogP contribution is 2.28. The second kappa shape index (κ2) is 5.51. The third-order valence-electron chi connectivity index (χ3n) is 3.16. The van der Waals surface area contributed by atoms with Gasteiger partial charge in [-0.05, 0) is 35.9 Å². The summed E-state index contributed by atoms with van der Waals surface area (Å²) in [6, 6.07) is 12.4. The van der Waals surface area contributed by atoms with Crippen LogP contribution in [-0.2, 0) is 5.75 Å². The first-order valence-electron chi connectivity index (χ1n) is 6.35. The summed E-state index contributed by atoms with van der Waals surface area (Å²) in [4.78, 5) is 0.756. The summed E-state index contributed by atoms with van der Waals surface area (Å²) in [5.74, 6) is 0.244. The molecule has 104 valence electrons. The van der Waals surface area contributed by atoms with Crippen molar-refractivity contribution in [2.75, 3.05) is 5.73 Å². The van der Waals surface area contributed by atoms with Crippen LogP contribution in [0.25, 0.3) is 5.52 Å². The van der Waals surface area contributed by atoms with Gasteiger partial charge in [-0.3, -0.25) is 0 Å². The zero-order valence-corrected chi connectivity index (χ0v) is 11.9. The number of nitrogens with two attached hydrogens (primary N) is 1. The van der Waals surface area contributed by atoms with Gasteiger partial charge in [0.1, 0.15) is 11.9 Å². The molecule has 0 aliphatic carbocycles. The summed E-state index contributed by atoms with van der Waals surface area (Å²) in [5, 5.41) is 9.34. The van der Waals surface area contributed by atoms with E-state index >= 15 is 0 Å². The van der Waals surface area contributed by atoms with Gasteiger partial charge >= 0.3 is 0 Å². The maximum Gasteiger partial charge on any atom is 0.126 e. The topological polar surface area (TPSA) is 54.2 Å². The smallest absolute Gasteiger partial charge is 0.126 e.